The number of nitrogens with one attached hydrogen (secondary N) is 2. The predicted octanol–water partition coefficient (Wildman–Crippen LogP) is 5.91. The van der Waals surface area contributed by atoms with Crippen LogP contribution in [0.3, 0.4) is 0 Å². The molecule has 10 heteroatoms. The number of hydrogen-bond acceptors (Lipinski definition) is 6. The van der Waals surface area contributed by atoms with Crippen LogP contribution in [0.4, 0.5) is 14.9 Å². The van der Waals surface area contributed by atoms with E-state index in [1.165, 1.54) is 31.0 Å². The van der Waals surface area contributed by atoms with Gasteiger partial charge >= 0.3 is 6.03 Å². The number of carbonyl (C=O) groups is 1. The number of anilines is 1. The number of hydrogen-bond donors (Lipinski definition) is 2. The molecule has 0 saturated carbocycles. The average molecular weight is 522 g/mol. The standard InChI is InChI=1S/C27H28FN5O3S/c1-17-5-11-21(12-6-17)33-25(31-32-27(33)37-16-19-7-9-20(28)10-8-19)18(2)29-26(34)30-23-14-13-22(35-3)15-24(23)36-4/h5-15,18H,16H2,1-4H3,(H2,29,30,34). The van der Waals surface area contributed by atoms with Gasteiger partial charge in [-0.3, -0.25) is 4.57 Å². The molecule has 1 unspecified atom stereocenters. The monoisotopic (exact) mass is 521 g/mol. The number of benzene rings is 3. The molecule has 37 heavy (non-hydrogen) atoms. The van der Waals surface area contributed by atoms with Gasteiger partial charge in [-0.15, -0.1) is 10.2 Å². The lowest BCUT2D eigenvalue weighted by Crippen LogP contribution is -2.32. The van der Waals surface area contributed by atoms with Crippen LogP contribution in [0.5, 0.6) is 11.5 Å². The third kappa shape index (κ3) is 6.39. The lowest BCUT2D eigenvalue weighted by molar-refractivity contribution is 0.248. The van der Waals surface area contributed by atoms with Gasteiger partial charge in [-0.2, -0.15) is 0 Å². The maximum absolute atomic E-state index is 13.3. The zero-order valence-corrected chi connectivity index (χ0v) is 21.8. The summed E-state index contributed by atoms with van der Waals surface area (Å²) in [7, 11) is 3.09. The van der Waals surface area contributed by atoms with E-state index in [0.717, 1.165) is 16.8 Å². The highest BCUT2D eigenvalue weighted by molar-refractivity contribution is 7.98. The van der Waals surface area contributed by atoms with Crippen molar-refractivity contribution in [3.8, 4) is 17.2 Å². The van der Waals surface area contributed by atoms with E-state index in [2.05, 4.69) is 20.8 Å². The molecule has 1 aromatic heterocycles. The molecular weight excluding hydrogens is 493 g/mol. The first kappa shape index (κ1) is 26.0. The minimum atomic E-state index is -0.474. The second kappa shape index (κ2) is 11.8. The molecule has 192 valence electrons. The van der Waals surface area contributed by atoms with Crippen molar-refractivity contribution in [2.24, 2.45) is 0 Å². The van der Waals surface area contributed by atoms with E-state index in [4.69, 9.17) is 9.47 Å². The lowest BCUT2D eigenvalue weighted by atomic mass is 10.2. The minimum absolute atomic E-state index is 0.274. The van der Waals surface area contributed by atoms with Gasteiger partial charge in [0.2, 0.25) is 0 Å². The molecular formula is C27H28FN5O3S. The van der Waals surface area contributed by atoms with Crippen LogP contribution >= 0.6 is 11.8 Å². The molecule has 2 amide bonds. The molecule has 0 bridgehead atoms. The number of amides is 2. The van der Waals surface area contributed by atoms with Crippen LogP contribution in [0.1, 0.15) is 29.9 Å². The molecule has 0 saturated heterocycles. The van der Waals surface area contributed by atoms with Crippen molar-refractivity contribution in [2.75, 3.05) is 19.5 Å². The normalized spacial score (nSPS) is 11.6. The summed E-state index contributed by atoms with van der Waals surface area (Å²) in [5.74, 6) is 1.98. The van der Waals surface area contributed by atoms with Crippen LogP contribution in [0, 0.1) is 12.7 Å². The van der Waals surface area contributed by atoms with Crippen molar-refractivity contribution in [2.45, 2.75) is 30.8 Å². The second-order valence-electron chi connectivity index (χ2n) is 8.31. The number of thioether (sulfide) groups is 1. The van der Waals surface area contributed by atoms with Gasteiger partial charge in [0.15, 0.2) is 11.0 Å². The first-order chi connectivity index (χ1) is 17.9. The summed E-state index contributed by atoms with van der Waals surface area (Å²) < 4.78 is 25.8. The number of rotatable bonds is 9. The van der Waals surface area contributed by atoms with Crippen LogP contribution in [0.15, 0.2) is 71.9 Å². The van der Waals surface area contributed by atoms with E-state index < -0.39 is 12.1 Å². The molecule has 4 aromatic rings. The average Bonchev–Trinajstić information content (AvgIpc) is 3.33. The minimum Gasteiger partial charge on any atom is -0.497 e. The van der Waals surface area contributed by atoms with Gasteiger partial charge in [0.25, 0.3) is 0 Å². The number of halogens is 1. The van der Waals surface area contributed by atoms with Crippen molar-refractivity contribution in [3.63, 3.8) is 0 Å². The molecule has 1 heterocycles. The third-order valence-corrected chi connectivity index (χ3v) is 6.62. The fraction of sp³-hybridized carbons (Fsp3) is 0.222. The van der Waals surface area contributed by atoms with Crippen molar-refractivity contribution in [1.29, 1.82) is 0 Å². The maximum Gasteiger partial charge on any atom is 0.319 e. The van der Waals surface area contributed by atoms with E-state index in [-0.39, 0.29) is 5.82 Å². The number of urea groups is 1. The first-order valence-electron chi connectivity index (χ1n) is 11.6. The first-order valence-corrected chi connectivity index (χ1v) is 12.6. The summed E-state index contributed by atoms with van der Waals surface area (Å²) in [6.07, 6.45) is 0. The molecule has 3 aromatic carbocycles. The van der Waals surface area contributed by atoms with E-state index in [9.17, 15) is 9.18 Å². The zero-order chi connectivity index (χ0) is 26.4. The van der Waals surface area contributed by atoms with Crippen LogP contribution in [0.25, 0.3) is 5.69 Å². The molecule has 0 aliphatic carbocycles. The summed E-state index contributed by atoms with van der Waals surface area (Å²) in [4.78, 5) is 12.9. The van der Waals surface area contributed by atoms with E-state index in [0.29, 0.717) is 33.9 Å². The summed E-state index contributed by atoms with van der Waals surface area (Å²) in [6, 6.07) is 18.6. The number of aromatic nitrogens is 3. The summed E-state index contributed by atoms with van der Waals surface area (Å²) in [5.41, 5.74) is 3.46. The molecule has 0 spiro atoms. The Labute approximate surface area is 219 Å². The fourth-order valence-corrected chi connectivity index (χ4v) is 4.56. The lowest BCUT2D eigenvalue weighted by Gasteiger charge is -2.18. The molecule has 2 N–H and O–H groups in total. The molecule has 0 radical (unpaired) electrons. The van der Waals surface area contributed by atoms with Crippen LogP contribution < -0.4 is 20.1 Å². The number of methoxy groups -OCH3 is 2. The smallest absolute Gasteiger partial charge is 0.319 e. The van der Waals surface area contributed by atoms with E-state index in [1.54, 1.807) is 37.4 Å². The zero-order valence-electron chi connectivity index (χ0n) is 21.0. The van der Waals surface area contributed by atoms with E-state index in [1.807, 2.05) is 42.7 Å². The Bertz CT molecular complexity index is 1360. The largest absolute Gasteiger partial charge is 0.497 e. The van der Waals surface area contributed by atoms with Gasteiger partial charge < -0.3 is 20.1 Å². The summed E-state index contributed by atoms with van der Waals surface area (Å²) in [5, 5.41) is 15.2. The predicted molar refractivity (Wildman–Crippen MR) is 142 cm³/mol. The Hall–Kier alpha value is -4.05. The van der Waals surface area contributed by atoms with Crippen LogP contribution in [0.2, 0.25) is 0 Å². The van der Waals surface area contributed by atoms with Gasteiger partial charge in [-0.1, -0.05) is 41.6 Å². The van der Waals surface area contributed by atoms with Gasteiger partial charge in [0, 0.05) is 17.5 Å². The molecule has 0 aliphatic heterocycles. The molecule has 4 rings (SSSR count). The quantitative estimate of drug-likeness (QED) is 0.266. The Morgan fingerprint density at radius 3 is 2.43 bits per heavy atom. The van der Waals surface area contributed by atoms with Crippen molar-refractivity contribution < 1.29 is 18.7 Å². The topological polar surface area (TPSA) is 90.3 Å². The van der Waals surface area contributed by atoms with Crippen LogP contribution in [-0.4, -0.2) is 35.0 Å². The molecule has 8 nitrogen and oxygen atoms in total. The highest BCUT2D eigenvalue weighted by Crippen LogP contribution is 2.30. The Balaban J connectivity index is 1.55. The fourth-order valence-electron chi connectivity index (χ4n) is 3.64. The van der Waals surface area contributed by atoms with Crippen molar-refractivity contribution >= 4 is 23.5 Å². The molecule has 0 aliphatic rings. The summed E-state index contributed by atoms with van der Waals surface area (Å²) in [6.45, 7) is 3.86. The van der Waals surface area contributed by atoms with E-state index >= 15 is 0 Å². The highest BCUT2D eigenvalue weighted by atomic mass is 32.2. The van der Waals surface area contributed by atoms with Gasteiger partial charge in [0.05, 0.1) is 25.9 Å². The third-order valence-electron chi connectivity index (χ3n) is 5.62. The number of nitrogens with zero attached hydrogens (tertiary/aromatic N) is 3. The Kier molecular flexibility index (Phi) is 8.29. The summed E-state index contributed by atoms with van der Waals surface area (Å²) >= 11 is 1.48. The van der Waals surface area contributed by atoms with Crippen LogP contribution in [-0.2, 0) is 5.75 Å². The second-order valence-corrected chi connectivity index (χ2v) is 9.26. The van der Waals surface area contributed by atoms with Crippen molar-refractivity contribution in [1.82, 2.24) is 20.1 Å². The van der Waals surface area contributed by atoms with Crippen molar-refractivity contribution in [3.05, 3.63) is 89.5 Å². The maximum atomic E-state index is 13.3. The van der Waals surface area contributed by atoms with Gasteiger partial charge in [0.1, 0.15) is 17.3 Å². The SMILES string of the molecule is COc1ccc(NC(=O)NC(C)c2nnc(SCc3ccc(F)cc3)n2-c2ccc(C)cc2)c(OC)c1. The highest BCUT2D eigenvalue weighted by Gasteiger charge is 2.22. The number of aryl methyl sites for hydroxylation is 1. The number of ether oxygens (including phenoxy) is 2. The molecule has 1 atom stereocenters. The van der Waals surface area contributed by atoms with Gasteiger partial charge in [-0.05, 0) is 55.8 Å². The Morgan fingerprint density at radius 1 is 1.03 bits per heavy atom. The number of carbonyl (C=O) groups excluding carboxylic acids is 1. The Morgan fingerprint density at radius 2 is 1.76 bits per heavy atom. The molecule has 0 fully saturated rings. The van der Waals surface area contributed by atoms with Gasteiger partial charge in [-0.25, -0.2) is 9.18 Å².